The largest absolute Gasteiger partial charge is 0.316 e. The van der Waals surface area contributed by atoms with Crippen molar-refractivity contribution in [2.24, 2.45) is 0 Å². The van der Waals surface area contributed by atoms with Gasteiger partial charge in [0.15, 0.2) is 6.67 Å². The molecule has 0 aliphatic heterocycles. The summed E-state index contributed by atoms with van der Waals surface area (Å²) in [6.45, 7) is 0.982. The van der Waals surface area contributed by atoms with Crippen LogP contribution in [0.15, 0.2) is 70.7 Å². The summed E-state index contributed by atoms with van der Waals surface area (Å²) in [5.41, 5.74) is 1.76. The normalized spacial score (nSPS) is 13.0. The minimum absolute atomic E-state index is 0.0989. The third-order valence-electron chi connectivity index (χ3n) is 4.34. The summed E-state index contributed by atoms with van der Waals surface area (Å²) in [6.07, 6.45) is 5.15. The van der Waals surface area contributed by atoms with Gasteiger partial charge in [0, 0.05) is 38.1 Å². The average molecular weight is 403 g/mol. The molecule has 2 aromatic heterocycles. The van der Waals surface area contributed by atoms with E-state index in [-0.39, 0.29) is 10.5 Å². The standard InChI is InChI=1S/C19H23N5O3S/c1-21(2)28(26,27)18-9-10-19(25)23(14-18)15-22(3)12-16-11-20-24(13-16)17-7-5-4-6-8-17/h4-11,13-14H,12,15H2,1-3H3/p+1. The second-order valence-corrected chi connectivity index (χ2v) is 9.03. The number of aromatic nitrogens is 3. The van der Waals surface area contributed by atoms with Crippen molar-refractivity contribution in [3.8, 4) is 5.69 Å². The highest BCUT2D eigenvalue weighted by Gasteiger charge is 2.19. The van der Waals surface area contributed by atoms with Crippen LogP contribution < -0.4 is 10.5 Å². The molecule has 3 rings (SSSR count). The Hall–Kier alpha value is -2.75. The van der Waals surface area contributed by atoms with E-state index in [0.717, 1.165) is 20.5 Å². The van der Waals surface area contributed by atoms with E-state index in [1.165, 1.54) is 37.0 Å². The van der Waals surface area contributed by atoms with Crippen LogP contribution in [0.5, 0.6) is 0 Å². The lowest BCUT2D eigenvalue weighted by molar-refractivity contribution is -0.917. The van der Waals surface area contributed by atoms with Crippen LogP contribution in [0.4, 0.5) is 0 Å². The zero-order chi connectivity index (χ0) is 20.3. The quantitative estimate of drug-likeness (QED) is 0.601. The van der Waals surface area contributed by atoms with Gasteiger partial charge in [0.2, 0.25) is 10.0 Å². The maximum Gasteiger partial charge on any atom is 0.254 e. The van der Waals surface area contributed by atoms with E-state index in [4.69, 9.17) is 0 Å². The molecule has 8 nitrogen and oxygen atoms in total. The lowest BCUT2D eigenvalue weighted by Gasteiger charge is -2.16. The Morgan fingerprint density at radius 1 is 1.07 bits per heavy atom. The zero-order valence-corrected chi connectivity index (χ0v) is 16.9. The van der Waals surface area contributed by atoms with Crippen molar-refractivity contribution in [2.75, 3.05) is 21.1 Å². The molecule has 1 atom stereocenters. The summed E-state index contributed by atoms with van der Waals surface area (Å²) in [5.74, 6) is 0. The van der Waals surface area contributed by atoms with E-state index in [1.807, 2.05) is 43.6 Å². The van der Waals surface area contributed by atoms with Crippen LogP contribution in [0, 0.1) is 0 Å². The molecular weight excluding hydrogens is 378 g/mol. The van der Waals surface area contributed by atoms with Crippen LogP contribution in [0.1, 0.15) is 5.56 Å². The minimum Gasteiger partial charge on any atom is -0.316 e. The molecule has 0 radical (unpaired) electrons. The van der Waals surface area contributed by atoms with Gasteiger partial charge < -0.3 is 4.90 Å². The number of rotatable bonds is 7. The first kappa shape index (κ1) is 20.0. The molecule has 3 aromatic rings. The monoisotopic (exact) mass is 402 g/mol. The van der Waals surface area contributed by atoms with Gasteiger partial charge in [-0.05, 0) is 18.2 Å². The van der Waals surface area contributed by atoms with Crippen molar-refractivity contribution >= 4 is 10.0 Å². The fourth-order valence-electron chi connectivity index (χ4n) is 2.86. The van der Waals surface area contributed by atoms with Crippen molar-refractivity contribution < 1.29 is 13.3 Å². The Balaban J connectivity index is 1.74. The van der Waals surface area contributed by atoms with Crippen molar-refractivity contribution in [3.05, 3.63) is 77.0 Å². The van der Waals surface area contributed by atoms with Gasteiger partial charge in [-0.25, -0.2) is 17.4 Å². The fraction of sp³-hybridized carbons (Fsp3) is 0.263. The molecule has 9 heteroatoms. The Kier molecular flexibility index (Phi) is 5.78. The van der Waals surface area contributed by atoms with E-state index in [2.05, 4.69) is 5.10 Å². The van der Waals surface area contributed by atoms with Gasteiger partial charge in [-0.3, -0.25) is 9.36 Å². The van der Waals surface area contributed by atoms with E-state index in [0.29, 0.717) is 13.2 Å². The van der Waals surface area contributed by atoms with Crippen LogP contribution in [-0.4, -0.2) is 48.2 Å². The minimum atomic E-state index is -3.59. The zero-order valence-electron chi connectivity index (χ0n) is 16.1. The number of nitrogens with one attached hydrogen (secondary N) is 1. The summed E-state index contributed by atoms with van der Waals surface area (Å²) in [5, 5.41) is 4.38. The molecule has 0 saturated heterocycles. The third kappa shape index (κ3) is 4.38. The lowest BCUT2D eigenvalue weighted by Crippen LogP contribution is -3.07. The van der Waals surface area contributed by atoms with Gasteiger partial charge in [-0.2, -0.15) is 5.10 Å². The number of pyridine rings is 1. The van der Waals surface area contributed by atoms with Crippen molar-refractivity contribution in [1.29, 1.82) is 0 Å². The SMILES string of the molecule is CN(C)S(=O)(=O)c1ccc(=O)n(C[NH+](C)Cc2cnn(-c3ccccc3)c2)c1. The molecule has 0 saturated carbocycles. The van der Waals surface area contributed by atoms with Crippen molar-refractivity contribution in [3.63, 3.8) is 0 Å². The number of sulfonamides is 1. The lowest BCUT2D eigenvalue weighted by atomic mass is 10.3. The van der Waals surface area contributed by atoms with Gasteiger partial charge in [0.1, 0.15) is 6.54 Å². The number of nitrogens with zero attached hydrogens (tertiary/aromatic N) is 4. The topological polar surface area (TPSA) is 81.6 Å². The van der Waals surface area contributed by atoms with E-state index < -0.39 is 10.0 Å². The smallest absolute Gasteiger partial charge is 0.254 e. The summed E-state index contributed by atoms with van der Waals surface area (Å²) in [4.78, 5) is 13.3. The molecule has 0 spiro atoms. The highest BCUT2D eigenvalue weighted by molar-refractivity contribution is 7.89. The van der Waals surface area contributed by atoms with Gasteiger partial charge in [-0.15, -0.1) is 0 Å². The second kappa shape index (κ2) is 8.09. The predicted molar refractivity (Wildman–Crippen MR) is 106 cm³/mol. The summed E-state index contributed by atoms with van der Waals surface area (Å²) < 4.78 is 29.0. The summed E-state index contributed by atoms with van der Waals surface area (Å²) >= 11 is 0. The van der Waals surface area contributed by atoms with E-state index in [1.54, 1.807) is 10.9 Å². The molecule has 28 heavy (non-hydrogen) atoms. The van der Waals surface area contributed by atoms with Crippen molar-refractivity contribution in [1.82, 2.24) is 18.7 Å². The average Bonchev–Trinajstić information content (AvgIpc) is 3.12. The Morgan fingerprint density at radius 2 is 1.79 bits per heavy atom. The highest BCUT2D eigenvalue weighted by atomic mass is 32.2. The van der Waals surface area contributed by atoms with Gasteiger partial charge >= 0.3 is 0 Å². The van der Waals surface area contributed by atoms with Crippen LogP contribution in [0.3, 0.4) is 0 Å². The number of benzene rings is 1. The number of hydrogen-bond acceptors (Lipinski definition) is 4. The Morgan fingerprint density at radius 3 is 2.46 bits per heavy atom. The molecule has 0 bridgehead atoms. The van der Waals surface area contributed by atoms with Gasteiger partial charge in [0.25, 0.3) is 5.56 Å². The molecule has 0 aliphatic rings. The van der Waals surface area contributed by atoms with Gasteiger partial charge in [0.05, 0.1) is 23.8 Å². The molecule has 0 aliphatic carbocycles. The summed E-state index contributed by atoms with van der Waals surface area (Å²) in [6, 6.07) is 12.4. The molecule has 0 amide bonds. The van der Waals surface area contributed by atoms with E-state index >= 15 is 0 Å². The number of quaternary nitrogens is 1. The first-order valence-corrected chi connectivity index (χ1v) is 10.2. The molecule has 2 heterocycles. The molecule has 1 aromatic carbocycles. The number of para-hydroxylation sites is 1. The van der Waals surface area contributed by atoms with Gasteiger partial charge in [-0.1, -0.05) is 18.2 Å². The van der Waals surface area contributed by atoms with Crippen molar-refractivity contribution in [2.45, 2.75) is 18.1 Å². The molecule has 148 valence electrons. The maximum absolute atomic E-state index is 12.3. The second-order valence-electron chi connectivity index (χ2n) is 6.88. The van der Waals surface area contributed by atoms with Crippen LogP contribution in [0.2, 0.25) is 0 Å². The van der Waals surface area contributed by atoms with E-state index in [9.17, 15) is 13.2 Å². The van der Waals surface area contributed by atoms with Crippen LogP contribution in [0.25, 0.3) is 5.69 Å². The van der Waals surface area contributed by atoms with Crippen LogP contribution >= 0.6 is 0 Å². The predicted octanol–water partition coefficient (Wildman–Crippen LogP) is -0.0433. The van der Waals surface area contributed by atoms with Crippen LogP contribution in [-0.2, 0) is 23.2 Å². The molecular formula is C19H24N5O3S+. The Labute approximate surface area is 164 Å². The fourth-order valence-corrected chi connectivity index (χ4v) is 3.79. The first-order valence-electron chi connectivity index (χ1n) is 8.80. The molecule has 1 N–H and O–H groups in total. The Bertz CT molecular complexity index is 1100. The summed E-state index contributed by atoms with van der Waals surface area (Å²) in [7, 11) is 1.29. The third-order valence-corrected chi connectivity index (χ3v) is 6.14. The first-order chi connectivity index (χ1) is 13.3. The molecule has 1 unspecified atom stereocenters. The number of hydrogen-bond donors (Lipinski definition) is 1. The molecule has 0 fully saturated rings. The highest BCUT2D eigenvalue weighted by Crippen LogP contribution is 2.10. The maximum atomic E-state index is 12.3.